The van der Waals surface area contributed by atoms with Crippen LogP contribution in [-0.4, -0.2) is 19.6 Å². The summed E-state index contributed by atoms with van der Waals surface area (Å²) in [5.41, 5.74) is 0. The van der Waals surface area contributed by atoms with Crippen LogP contribution < -0.4 is 5.32 Å². The fraction of sp³-hybridized carbons (Fsp3) is 0.286. The molecule has 0 aliphatic heterocycles. The summed E-state index contributed by atoms with van der Waals surface area (Å²) >= 11 is 1.56. The number of ether oxygens (including phenoxy) is 1. The average Bonchev–Trinajstić information content (AvgIpc) is 2.52. The first-order valence-electron chi connectivity index (χ1n) is 3.17. The van der Waals surface area contributed by atoms with Gasteiger partial charge in [0.25, 0.3) is 0 Å². The Morgan fingerprint density at radius 1 is 1.82 bits per heavy atom. The third kappa shape index (κ3) is 2.59. The van der Waals surface area contributed by atoms with Crippen molar-refractivity contribution < 1.29 is 9.53 Å². The van der Waals surface area contributed by atoms with Gasteiger partial charge in [0, 0.05) is 0 Å². The molecule has 0 amide bonds. The minimum Gasteiger partial charge on any atom is -0.468 e. The molecule has 0 aliphatic carbocycles. The van der Waals surface area contributed by atoms with Crippen molar-refractivity contribution in [3.63, 3.8) is 0 Å². The number of anilines is 1. The highest BCUT2D eigenvalue weighted by atomic mass is 32.1. The first kappa shape index (κ1) is 8.07. The Kier molecular flexibility index (Phi) is 2.92. The van der Waals surface area contributed by atoms with Crippen LogP contribution in [-0.2, 0) is 9.53 Å². The van der Waals surface area contributed by atoms with Crippen molar-refractivity contribution in [1.82, 2.24) is 0 Å². The van der Waals surface area contributed by atoms with Crippen LogP contribution in [0.5, 0.6) is 0 Å². The van der Waals surface area contributed by atoms with E-state index in [9.17, 15) is 4.79 Å². The second-order valence-electron chi connectivity index (χ2n) is 1.91. The van der Waals surface area contributed by atoms with E-state index in [0.717, 1.165) is 5.00 Å². The van der Waals surface area contributed by atoms with Crippen molar-refractivity contribution in [3.05, 3.63) is 17.5 Å². The predicted octanol–water partition coefficient (Wildman–Crippen LogP) is 1.33. The molecule has 1 aromatic rings. The van der Waals surface area contributed by atoms with Gasteiger partial charge in [-0.3, -0.25) is 4.79 Å². The molecule has 0 spiro atoms. The topological polar surface area (TPSA) is 38.3 Å². The molecule has 4 heteroatoms. The highest BCUT2D eigenvalue weighted by Crippen LogP contribution is 2.13. The summed E-state index contributed by atoms with van der Waals surface area (Å²) in [6, 6.07) is 3.83. The standard InChI is InChI=1S/C7H9NO2S/c1-10-7(9)5-8-6-3-2-4-11-6/h2-4,8H,5H2,1H3. The maximum atomic E-state index is 10.6. The third-order valence-electron chi connectivity index (χ3n) is 1.16. The molecular weight excluding hydrogens is 162 g/mol. The van der Waals surface area contributed by atoms with Crippen molar-refractivity contribution in [2.24, 2.45) is 0 Å². The molecule has 11 heavy (non-hydrogen) atoms. The summed E-state index contributed by atoms with van der Waals surface area (Å²) in [5, 5.41) is 5.85. The van der Waals surface area contributed by atoms with E-state index in [-0.39, 0.29) is 12.5 Å². The number of carbonyl (C=O) groups excluding carboxylic acids is 1. The lowest BCUT2D eigenvalue weighted by Gasteiger charge is -1.99. The monoisotopic (exact) mass is 171 g/mol. The predicted molar refractivity (Wildman–Crippen MR) is 44.8 cm³/mol. The molecule has 0 atom stereocenters. The third-order valence-corrected chi connectivity index (χ3v) is 1.98. The second kappa shape index (κ2) is 3.98. The maximum Gasteiger partial charge on any atom is 0.325 e. The maximum absolute atomic E-state index is 10.6. The van der Waals surface area contributed by atoms with Crippen LogP contribution in [0.25, 0.3) is 0 Å². The molecule has 60 valence electrons. The molecule has 0 unspecified atom stereocenters. The van der Waals surface area contributed by atoms with Crippen LogP contribution in [0.1, 0.15) is 0 Å². The van der Waals surface area contributed by atoms with Gasteiger partial charge in [-0.1, -0.05) is 0 Å². The SMILES string of the molecule is COC(=O)CNc1cccs1. The molecule has 1 rings (SSSR count). The highest BCUT2D eigenvalue weighted by molar-refractivity contribution is 7.14. The van der Waals surface area contributed by atoms with E-state index < -0.39 is 0 Å². The minimum absolute atomic E-state index is 0.233. The van der Waals surface area contributed by atoms with E-state index in [1.807, 2.05) is 17.5 Å². The molecule has 1 aromatic heterocycles. The zero-order valence-electron chi connectivity index (χ0n) is 6.16. The summed E-state index contributed by atoms with van der Waals surface area (Å²) in [7, 11) is 1.37. The lowest BCUT2D eigenvalue weighted by Crippen LogP contribution is -2.14. The first-order chi connectivity index (χ1) is 5.33. The lowest BCUT2D eigenvalue weighted by molar-refractivity contribution is -0.138. The Morgan fingerprint density at radius 3 is 3.18 bits per heavy atom. The zero-order valence-corrected chi connectivity index (χ0v) is 6.98. The van der Waals surface area contributed by atoms with Crippen molar-refractivity contribution in [2.75, 3.05) is 19.0 Å². The molecule has 3 nitrogen and oxygen atoms in total. The molecule has 0 aromatic carbocycles. The van der Waals surface area contributed by atoms with E-state index >= 15 is 0 Å². The number of hydrogen-bond donors (Lipinski definition) is 1. The van der Waals surface area contributed by atoms with Crippen LogP contribution in [0.2, 0.25) is 0 Å². The van der Waals surface area contributed by atoms with Gasteiger partial charge >= 0.3 is 5.97 Å². The Hall–Kier alpha value is -1.03. The molecule has 0 saturated heterocycles. The van der Waals surface area contributed by atoms with Gasteiger partial charge < -0.3 is 10.1 Å². The molecule has 1 heterocycles. The molecular formula is C7H9NO2S. The lowest BCUT2D eigenvalue weighted by atomic mass is 10.6. The van der Waals surface area contributed by atoms with Gasteiger partial charge in [0.1, 0.15) is 6.54 Å². The largest absolute Gasteiger partial charge is 0.468 e. The van der Waals surface area contributed by atoms with Crippen molar-refractivity contribution >= 4 is 22.3 Å². The fourth-order valence-electron chi connectivity index (χ4n) is 0.611. The first-order valence-corrected chi connectivity index (χ1v) is 4.05. The van der Waals surface area contributed by atoms with Crippen molar-refractivity contribution in [2.45, 2.75) is 0 Å². The summed E-state index contributed by atoms with van der Waals surface area (Å²) in [4.78, 5) is 10.6. The molecule has 0 bridgehead atoms. The van der Waals surface area contributed by atoms with Gasteiger partial charge in [-0.15, -0.1) is 11.3 Å². The van der Waals surface area contributed by atoms with Crippen LogP contribution >= 0.6 is 11.3 Å². The summed E-state index contributed by atoms with van der Waals surface area (Å²) in [6.45, 7) is 0.233. The second-order valence-corrected chi connectivity index (χ2v) is 2.85. The fourth-order valence-corrected chi connectivity index (χ4v) is 1.23. The normalized spacial score (nSPS) is 9.18. The van der Waals surface area contributed by atoms with E-state index in [1.165, 1.54) is 7.11 Å². The number of hydrogen-bond acceptors (Lipinski definition) is 4. The minimum atomic E-state index is -0.251. The summed E-state index contributed by atoms with van der Waals surface area (Å²) < 4.78 is 4.45. The van der Waals surface area contributed by atoms with Gasteiger partial charge in [-0.05, 0) is 17.5 Å². The molecule has 0 fully saturated rings. The average molecular weight is 171 g/mol. The zero-order chi connectivity index (χ0) is 8.10. The van der Waals surface area contributed by atoms with Gasteiger partial charge in [-0.2, -0.15) is 0 Å². The Labute approximate surface area is 69.0 Å². The molecule has 1 N–H and O–H groups in total. The molecule has 0 aliphatic rings. The van der Waals surface area contributed by atoms with Crippen molar-refractivity contribution in [3.8, 4) is 0 Å². The van der Waals surface area contributed by atoms with E-state index in [0.29, 0.717) is 0 Å². The summed E-state index contributed by atoms with van der Waals surface area (Å²) in [6.07, 6.45) is 0. The molecule has 0 radical (unpaired) electrons. The number of thiophene rings is 1. The number of rotatable bonds is 3. The number of nitrogens with one attached hydrogen (secondary N) is 1. The molecule has 0 saturated carbocycles. The van der Waals surface area contributed by atoms with Crippen LogP contribution in [0.15, 0.2) is 17.5 Å². The van der Waals surface area contributed by atoms with Crippen molar-refractivity contribution in [1.29, 1.82) is 0 Å². The van der Waals surface area contributed by atoms with Gasteiger partial charge in [0.2, 0.25) is 0 Å². The highest BCUT2D eigenvalue weighted by Gasteiger charge is 1.98. The van der Waals surface area contributed by atoms with E-state index in [4.69, 9.17) is 0 Å². The number of esters is 1. The number of methoxy groups -OCH3 is 1. The van der Waals surface area contributed by atoms with Gasteiger partial charge in [0.05, 0.1) is 12.1 Å². The van der Waals surface area contributed by atoms with Gasteiger partial charge in [-0.25, -0.2) is 0 Å². The van der Waals surface area contributed by atoms with Gasteiger partial charge in [0.15, 0.2) is 0 Å². The number of carbonyl (C=O) groups is 1. The Balaban J connectivity index is 2.29. The summed E-state index contributed by atoms with van der Waals surface area (Å²) in [5.74, 6) is -0.251. The quantitative estimate of drug-likeness (QED) is 0.697. The van der Waals surface area contributed by atoms with Crippen LogP contribution in [0.3, 0.4) is 0 Å². The van der Waals surface area contributed by atoms with E-state index in [2.05, 4.69) is 10.1 Å². The Morgan fingerprint density at radius 2 is 2.64 bits per heavy atom. The van der Waals surface area contributed by atoms with Crippen LogP contribution in [0.4, 0.5) is 5.00 Å². The smallest absolute Gasteiger partial charge is 0.325 e. The van der Waals surface area contributed by atoms with E-state index in [1.54, 1.807) is 11.3 Å². The van der Waals surface area contributed by atoms with Crippen LogP contribution in [0, 0.1) is 0 Å². The Bertz CT molecular complexity index is 220.